The summed E-state index contributed by atoms with van der Waals surface area (Å²) in [5.74, 6) is 0.130. The summed E-state index contributed by atoms with van der Waals surface area (Å²) >= 11 is 0. The minimum atomic E-state index is -0.636. The molecule has 6 aromatic rings. The molecule has 0 aliphatic heterocycles. The molecule has 0 atom stereocenters. The van der Waals surface area contributed by atoms with Crippen LogP contribution in [0.4, 0.5) is 27.7 Å². The maximum atomic E-state index is 14.5. The smallest absolute Gasteiger partial charge is 0.412 e. The summed E-state index contributed by atoms with van der Waals surface area (Å²) in [5.41, 5.74) is 2.81. The number of para-hydroxylation sites is 3. The lowest BCUT2D eigenvalue weighted by molar-refractivity contribution is 0.0635. The summed E-state index contributed by atoms with van der Waals surface area (Å²) in [5, 5.41) is 7.87. The van der Waals surface area contributed by atoms with Crippen LogP contribution in [0.25, 0.3) is 21.9 Å². The van der Waals surface area contributed by atoms with E-state index >= 15 is 0 Å². The Hall–Kier alpha value is -5.70. The summed E-state index contributed by atoms with van der Waals surface area (Å²) in [6.45, 7) is 5.38. The Balaban J connectivity index is 1.46. The Bertz CT molecular complexity index is 1900. The zero-order chi connectivity index (χ0) is 30.0. The highest BCUT2D eigenvalue weighted by Gasteiger charge is 2.30. The first-order valence-corrected chi connectivity index (χ1v) is 13.7. The molecule has 0 aliphatic carbocycles. The second-order valence-electron chi connectivity index (χ2n) is 10.8. The van der Waals surface area contributed by atoms with Crippen molar-refractivity contribution in [2.75, 3.05) is 15.3 Å². The average Bonchev–Trinajstić information content (AvgIpc) is 3.39. The van der Waals surface area contributed by atoms with Crippen molar-refractivity contribution in [2.24, 2.45) is 0 Å². The molecule has 2 heterocycles. The first-order chi connectivity index (χ1) is 20.8. The van der Waals surface area contributed by atoms with Crippen LogP contribution in [0.3, 0.4) is 0 Å². The van der Waals surface area contributed by atoms with Crippen LogP contribution in [0, 0.1) is 0 Å². The van der Waals surface area contributed by atoms with Gasteiger partial charge in [-0.15, -0.1) is 0 Å². The predicted octanol–water partition coefficient (Wildman–Crippen LogP) is 8.12. The molecule has 0 radical (unpaired) electrons. The third kappa shape index (κ3) is 5.73. The van der Waals surface area contributed by atoms with Crippen molar-refractivity contribution >= 4 is 56.8 Å². The Morgan fingerprint density at radius 3 is 2.26 bits per heavy atom. The number of anilines is 4. The van der Waals surface area contributed by atoms with Crippen LogP contribution in [0.2, 0.25) is 0 Å². The average molecular weight is 572 g/mol. The molecular weight excluding hydrogens is 542 g/mol. The molecular formula is C34H29N5O4. The van der Waals surface area contributed by atoms with Gasteiger partial charge in [-0.25, -0.2) is 24.8 Å². The van der Waals surface area contributed by atoms with Crippen molar-refractivity contribution in [1.29, 1.82) is 0 Å². The summed E-state index contributed by atoms with van der Waals surface area (Å²) < 4.78 is 11.7. The normalized spacial score (nSPS) is 11.3. The summed E-state index contributed by atoms with van der Waals surface area (Å²) in [7, 11) is 0. The SMILES string of the molecule is CC(C)(C)OC(=O)Nc1ccc(C(=O)N(c2ccccc2)N(c2ccncn2)c2cccc3c2oc2ccccc23)cc1. The number of aromatic nitrogens is 2. The van der Waals surface area contributed by atoms with Gasteiger partial charge in [-0.05, 0) is 69.3 Å². The monoisotopic (exact) mass is 571 g/mol. The van der Waals surface area contributed by atoms with Gasteiger partial charge in [-0.3, -0.25) is 10.1 Å². The van der Waals surface area contributed by atoms with Gasteiger partial charge in [0.2, 0.25) is 0 Å². The van der Waals surface area contributed by atoms with Crippen LogP contribution in [0.5, 0.6) is 0 Å². The maximum Gasteiger partial charge on any atom is 0.412 e. The van der Waals surface area contributed by atoms with Gasteiger partial charge >= 0.3 is 6.09 Å². The third-order valence-corrected chi connectivity index (χ3v) is 6.57. The Morgan fingerprint density at radius 1 is 0.814 bits per heavy atom. The number of amides is 2. The van der Waals surface area contributed by atoms with E-state index in [-0.39, 0.29) is 5.91 Å². The lowest BCUT2D eigenvalue weighted by atomic mass is 10.1. The highest BCUT2D eigenvalue weighted by molar-refractivity contribution is 6.13. The first kappa shape index (κ1) is 27.5. The third-order valence-electron chi connectivity index (χ3n) is 6.57. The number of carbonyl (C=O) groups is 2. The van der Waals surface area contributed by atoms with E-state index in [1.54, 1.807) is 67.3 Å². The van der Waals surface area contributed by atoms with Crippen molar-refractivity contribution in [2.45, 2.75) is 26.4 Å². The number of fused-ring (bicyclic) bond motifs is 3. The molecule has 2 aromatic heterocycles. The van der Waals surface area contributed by atoms with E-state index in [1.165, 1.54) is 6.33 Å². The standard InChI is InChI=1S/C34H29N5O4/c1-34(2,3)43-33(41)37-24-18-16-23(17-19-24)32(40)38(25-10-5-4-6-11-25)39(30-20-21-35-22-36-30)28-14-9-13-27-26-12-7-8-15-29(26)42-31(27)28/h4-22H,1-3H3,(H,37,41). The highest BCUT2D eigenvalue weighted by atomic mass is 16.6. The number of nitrogens with one attached hydrogen (secondary N) is 1. The van der Waals surface area contributed by atoms with Gasteiger partial charge in [0.15, 0.2) is 11.4 Å². The Kier molecular flexibility index (Phi) is 7.21. The number of hydrogen-bond acceptors (Lipinski definition) is 7. The van der Waals surface area contributed by atoms with Crippen molar-refractivity contribution in [3.8, 4) is 0 Å². The van der Waals surface area contributed by atoms with E-state index in [4.69, 9.17) is 9.15 Å². The maximum absolute atomic E-state index is 14.5. The van der Waals surface area contributed by atoms with Gasteiger partial charge in [0.1, 0.15) is 23.2 Å². The number of nitrogens with zero attached hydrogens (tertiary/aromatic N) is 4. The second kappa shape index (κ2) is 11.3. The second-order valence-corrected chi connectivity index (χ2v) is 10.8. The molecule has 9 nitrogen and oxygen atoms in total. The van der Waals surface area contributed by atoms with Crippen LogP contribution < -0.4 is 15.3 Å². The molecule has 0 spiro atoms. The van der Waals surface area contributed by atoms with Crippen LogP contribution in [-0.2, 0) is 4.74 Å². The quantitative estimate of drug-likeness (QED) is 0.201. The van der Waals surface area contributed by atoms with Crippen LogP contribution in [0.15, 0.2) is 120 Å². The van der Waals surface area contributed by atoms with Crippen molar-refractivity contribution in [3.05, 3.63) is 121 Å². The number of hydrazine groups is 1. The summed E-state index contributed by atoms with van der Waals surface area (Å²) in [6, 6.07) is 31.3. The fourth-order valence-electron chi connectivity index (χ4n) is 4.77. The van der Waals surface area contributed by atoms with Gasteiger partial charge < -0.3 is 9.15 Å². The zero-order valence-electron chi connectivity index (χ0n) is 23.9. The number of ether oxygens (including phenoxy) is 1. The number of rotatable bonds is 6. The fraction of sp³-hybridized carbons (Fsp3) is 0.118. The molecule has 9 heteroatoms. The highest BCUT2D eigenvalue weighted by Crippen LogP contribution is 2.39. The molecule has 1 N–H and O–H groups in total. The van der Waals surface area contributed by atoms with Gasteiger partial charge in [-0.2, -0.15) is 0 Å². The van der Waals surface area contributed by atoms with Crippen molar-refractivity contribution in [3.63, 3.8) is 0 Å². The molecule has 214 valence electrons. The summed E-state index contributed by atoms with van der Waals surface area (Å²) in [6.07, 6.45) is 2.48. The lowest BCUT2D eigenvalue weighted by Gasteiger charge is -2.35. The molecule has 0 bridgehead atoms. The molecule has 0 aliphatic rings. The van der Waals surface area contributed by atoms with E-state index in [0.29, 0.717) is 34.0 Å². The number of benzene rings is 4. The van der Waals surface area contributed by atoms with Gasteiger partial charge in [-0.1, -0.05) is 48.5 Å². The number of hydrogen-bond donors (Lipinski definition) is 1. The van der Waals surface area contributed by atoms with E-state index < -0.39 is 11.7 Å². The topological polar surface area (TPSA) is 101 Å². The zero-order valence-corrected chi connectivity index (χ0v) is 23.9. The molecule has 2 amide bonds. The van der Waals surface area contributed by atoms with Crippen molar-refractivity contribution in [1.82, 2.24) is 9.97 Å². The van der Waals surface area contributed by atoms with E-state index in [9.17, 15) is 9.59 Å². The van der Waals surface area contributed by atoms with Gasteiger partial charge in [0.05, 0.1) is 5.69 Å². The molecule has 6 rings (SSSR count). The number of furan rings is 1. The molecule has 0 fully saturated rings. The number of carbonyl (C=O) groups excluding carboxylic acids is 2. The van der Waals surface area contributed by atoms with E-state index in [2.05, 4.69) is 15.3 Å². The minimum Gasteiger partial charge on any atom is -0.454 e. The molecule has 0 saturated heterocycles. The van der Waals surface area contributed by atoms with Crippen molar-refractivity contribution < 1.29 is 18.7 Å². The van der Waals surface area contributed by atoms with E-state index in [0.717, 1.165) is 16.4 Å². The molecule has 4 aromatic carbocycles. The predicted molar refractivity (Wildman–Crippen MR) is 167 cm³/mol. The van der Waals surface area contributed by atoms with Crippen LogP contribution >= 0.6 is 0 Å². The first-order valence-electron chi connectivity index (χ1n) is 13.7. The van der Waals surface area contributed by atoms with E-state index in [1.807, 2.05) is 72.8 Å². The van der Waals surface area contributed by atoms with Crippen LogP contribution in [0.1, 0.15) is 31.1 Å². The van der Waals surface area contributed by atoms with Gasteiger partial charge in [0.25, 0.3) is 5.91 Å². The largest absolute Gasteiger partial charge is 0.454 e. The Labute approximate surface area is 248 Å². The van der Waals surface area contributed by atoms with Gasteiger partial charge in [0, 0.05) is 34.3 Å². The Morgan fingerprint density at radius 2 is 1.53 bits per heavy atom. The molecule has 0 saturated carbocycles. The summed E-state index contributed by atoms with van der Waals surface area (Å²) in [4.78, 5) is 35.4. The fourth-order valence-corrected chi connectivity index (χ4v) is 4.77. The molecule has 0 unspecified atom stereocenters. The lowest BCUT2D eigenvalue weighted by Crippen LogP contribution is -2.45. The minimum absolute atomic E-state index is 0.332. The van der Waals surface area contributed by atoms with Crippen LogP contribution in [-0.4, -0.2) is 27.6 Å². The molecule has 43 heavy (non-hydrogen) atoms.